The highest BCUT2D eigenvalue weighted by Gasteiger charge is 2.36. The summed E-state index contributed by atoms with van der Waals surface area (Å²) in [6.07, 6.45) is 6.69. The molecule has 2 aliphatic heterocycles. The fourth-order valence-electron chi connectivity index (χ4n) is 4.37. The first-order chi connectivity index (χ1) is 12.0. The van der Waals surface area contributed by atoms with E-state index in [1.807, 2.05) is 6.20 Å². The van der Waals surface area contributed by atoms with Crippen LogP contribution in [0, 0.1) is 12.7 Å². The van der Waals surface area contributed by atoms with Crippen LogP contribution in [0.25, 0.3) is 10.9 Å². The van der Waals surface area contributed by atoms with Crippen LogP contribution in [0.15, 0.2) is 22.1 Å². The molecule has 0 spiro atoms. The predicted octanol–water partition coefficient (Wildman–Crippen LogP) is 2.12. The monoisotopic (exact) mass is 340 g/mol. The summed E-state index contributed by atoms with van der Waals surface area (Å²) in [5, 5.41) is 0.455. The first-order valence-corrected chi connectivity index (χ1v) is 8.94. The van der Waals surface area contributed by atoms with Gasteiger partial charge in [-0.05, 0) is 32.3 Å². The van der Waals surface area contributed by atoms with E-state index in [4.69, 9.17) is 5.73 Å². The molecule has 0 unspecified atom stereocenters. The van der Waals surface area contributed by atoms with Gasteiger partial charge in [-0.25, -0.2) is 4.39 Å². The third-order valence-electron chi connectivity index (χ3n) is 5.67. The Balaban J connectivity index is 1.88. The number of anilines is 1. The lowest BCUT2D eigenvalue weighted by atomic mass is 10.0. The summed E-state index contributed by atoms with van der Waals surface area (Å²) in [7, 11) is 0. The van der Waals surface area contributed by atoms with Gasteiger partial charge in [-0.3, -0.25) is 9.79 Å². The van der Waals surface area contributed by atoms with Gasteiger partial charge >= 0.3 is 0 Å². The van der Waals surface area contributed by atoms with E-state index in [0.717, 1.165) is 30.3 Å². The van der Waals surface area contributed by atoms with Gasteiger partial charge in [-0.2, -0.15) is 0 Å². The smallest absolute Gasteiger partial charge is 0.192 e. The Morgan fingerprint density at radius 2 is 2.12 bits per heavy atom. The van der Waals surface area contributed by atoms with Gasteiger partial charge in [0.15, 0.2) is 5.43 Å². The van der Waals surface area contributed by atoms with Gasteiger partial charge in [0.2, 0.25) is 0 Å². The van der Waals surface area contributed by atoms with Gasteiger partial charge in [0.25, 0.3) is 0 Å². The molecule has 1 saturated heterocycles. The van der Waals surface area contributed by atoms with Gasteiger partial charge in [0, 0.05) is 47.6 Å². The van der Waals surface area contributed by atoms with E-state index < -0.39 is 0 Å². The molecule has 3 heterocycles. The van der Waals surface area contributed by atoms with Crippen LogP contribution in [0.3, 0.4) is 0 Å². The van der Waals surface area contributed by atoms with Gasteiger partial charge in [0.05, 0.1) is 23.8 Å². The van der Waals surface area contributed by atoms with Crippen molar-refractivity contribution in [2.24, 2.45) is 10.7 Å². The lowest BCUT2D eigenvalue weighted by Crippen LogP contribution is -2.33. The second kappa shape index (κ2) is 5.14. The first kappa shape index (κ1) is 15.1. The summed E-state index contributed by atoms with van der Waals surface area (Å²) >= 11 is 0. The standard InChI is InChI=1S/C19H21FN4O/c1-10-8-23(12-2-3-12)17-14(19(10)25)5-16(20)18-15(17)7-22-6-13-4-11(21)9-24(13)18/h5,7-8,11-13H,2-4,6,9,21H2,1H3/t11-,13-/m0/s1. The highest BCUT2D eigenvalue weighted by atomic mass is 19.1. The van der Waals surface area contributed by atoms with Crippen molar-refractivity contribution in [1.82, 2.24) is 4.57 Å². The van der Waals surface area contributed by atoms with E-state index in [-0.39, 0.29) is 23.3 Å². The number of hydrogen-bond acceptors (Lipinski definition) is 4. The molecule has 0 radical (unpaired) electrons. The molecule has 130 valence electrons. The van der Waals surface area contributed by atoms with E-state index in [1.165, 1.54) is 6.07 Å². The Hall–Kier alpha value is -2.21. The number of aromatic nitrogens is 1. The maximum atomic E-state index is 15.1. The molecular formula is C19H21FN4O. The quantitative estimate of drug-likeness (QED) is 0.865. The molecular weight excluding hydrogens is 319 g/mol. The van der Waals surface area contributed by atoms with Crippen molar-refractivity contribution in [3.05, 3.63) is 39.4 Å². The molecule has 1 saturated carbocycles. The van der Waals surface area contributed by atoms with Gasteiger partial charge in [-0.15, -0.1) is 0 Å². The second-order valence-electron chi connectivity index (χ2n) is 7.59. The summed E-state index contributed by atoms with van der Waals surface area (Å²) in [6.45, 7) is 3.04. The fraction of sp³-hybridized carbons (Fsp3) is 0.474. The predicted molar refractivity (Wildman–Crippen MR) is 97.4 cm³/mol. The Bertz CT molecular complexity index is 976. The second-order valence-corrected chi connectivity index (χ2v) is 7.59. The van der Waals surface area contributed by atoms with Crippen molar-refractivity contribution < 1.29 is 4.39 Å². The molecule has 2 atom stereocenters. The number of nitrogens with two attached hydrogens (primary N) is 1. The van der Waals surface area contributed by atoms with Crippen LogP contribution in [-0.2, 0) is 0 Å². The normalized spacial score (nSPS) is 25.2. The van der Waals surface area contributed by atoms with Crippen molar-refractivity contribution in [2.45, 2.75) is 44.3 Å². The lowest BCUT2D eigenvalue weighted by molar-refractivity contribution is 0.608. The molecule has 2 N–H and O–H groups in total. The summed E-state index contributed by atoms with van der Waals surface area (Å²) < 4.78 is 17.3. The van der Waals surface area contributed by atoms with Gasteiger partial charge in [0.1, 0.15) is 5.82 Å². The van der Waals surface area contributed by atoms with Crippen LogP contribution in [0.1, 0.15) is 36.4 Å². The summed E-state index contributed by atoms with van der Waals surface area (Å²) in [6, 6.07) is 1.98. The molecule has 1 aromatic carbocycles. The molecule has 0 amide bonds. The van der Waals surface area contributed by atoms with Crippen molar-refractivity contribution in [3.63, 3.8) is 0 Å². The molecule has 2 aromatic rings. The van der Waals surface area contributed by atoms with E-state index in [1.54, 1.807) is 13.1 Å². The number of aryl methyl sites for hydroxylation is 1. The molecule has 6 heteroatoms. The minimum atomic E-state index is -0.347. The maximum absolute atomic E-state index is 15.1. The Morgan fingerprint density at radius 1 is 1.32 bits per heavy atom. The molecule has 3 aliphatic rings. The highest BCUT2D eigenvalue weighted by Crippen LogP contribution is 2.41. The van der Waals surface area contributed by atoms with Crippen molar-refractivity contribution in [2.75, 3.05) is 18.0 Å². The summed E-state index contributed by atoms with van der Waals surface area (Å²) in [5.41, 5.74) is 8.80. The lowest BCUT2D eigenvalue weighted by Gasteiger charge is -2.27. The highest BCUT2D eigenvalue weighted by molar-refractivity contribution is 6.04. The van der Waals surface area contributed by atoms with Gasteiger partial charge in [-0.1, -0.05) is 0 Å². The van der Waals surface area contributed by atoms with Gasteiger partial charge < -0.3 is 15.2 Å². The Kier molecular flexibility index (Phi) is 3.10. The summed E-state index contributed by atoms with van der Waals surface area (Å²) in [5.74, 6) is -0.347. The van der Waals surface area contributed by atoms with E-state index in [0.29, 0.717) is 35.8 Å². The molecule has 25 heavy (non-hydrogen) atoms. The van der Waals surface area contributed by atoms with Crippen molar-refractivity contribution >= 4 is 22.8 Å². The maximum Gasteiger partial charge on any atom is 0.192 e. The number of halogens is 1. The number of benzene rings is 1. The van der Waals surface area contributed by atoms with Crippen molar-refractivity contribution in [1.29, 1.82) is 0 Å². The zero-order valence-electron chi connectivity index (χ0n) is 14.2. The largest absolute Gasteiger partial charge is 0.362 e. The van der Waals surface area contributed by atoms with Crippen LogP contribution < -0.4 is 16.1 Å². The number of nitrogens with zero attached hydrogens (tertiary/aromatic N) is 3. The molecule has 2 fully saturated rings. The molecule has 1 aliphatic carbocycles. The first-order valence-electron chi connectivity index (χ1n) is 8.94. The minimum absolute atomic E-state index is 0.0323. The number of fused-ring (bicyclic) bond motifs is 5. The number of rotatable bonds is 1. The van der Waals surface area contributed by atoms with Crippen LogP contribution in [0.2, 0.25) is 0 Å². The number of aliphatic imine (C=N–C) groups is 1. The zero-order valence-corrected chi connectivity index (χ0v) is 14.2. The molecule has 5 rings (SSSR count). The van der Waals surface area contributed by atoms with E-state index in [2.05, 4.69) is 14.5 Å². The topological polar surface area (TPSA) is 63.6 Å². The third-order valence-corrected chi connectivity index (χ3v) is 5.67. The van der Waals surface area contributed by atoms with Crippen molar-refractivity contribution in [3.8, 4) is 0 Å². The van der Waals surface area contributed by atoms with Crippen LogP contribution in [-0.4, -0.2) is 36.0 Å². The Labute approximate surface area is 144 Å². The fourth-order valence-corrected chi connectivity index (χ4v) is 4.37. The average Bonchev–Trinajstić information content (AvgIpc) is 3.36. The van der Waals surface area contributed by atoms with Crippen LogP contribution >= 0.6 is 0 Å². The van der Waals surface area contributed by atoms with Crippen LogP contribution in [0.4, 0.5) is 10.1 Å². The molecule has 5 nitrogen and oxygen atoms in total. The van der Waals surface area contributed by atoms with E-state index >= 15 is 4.39 Å². The third kappa shape index (κ3) is 2.16. The summed E-state index contributed by atoms with van der Waals surface area (Å²) in [4.78, 5) is 19.3. The SMILES string of the molecule is Cc1cn(C2CC2)c2c3c(c(F)cc2c1=O)N1C[C@@H](N)C[C@H]1CN=C3. The Morgan fingerprint density at radius 3 is 2.88 bits per heavy atom. The molecule has 0 bridgehead atoms. The zero-order chi connectivity index (χ0) is 17.3. The average molecular weight is 340 g/mol. The molecule has 1 aromatic heterocycles. The number of pyridine rings is 1. The van der Waals surface area contributed by atoms with Crippen LogP contribution in [0.5, 0.6) is 0 Å². The minimum Gasteiger partial charge on any atom is -0.362 e. The van der Waals surface area contributed by atoms with E-state index in [9.17, 15) is 4.79 Å². The number of hydrogen-bond donors (Lipinski definition) is 1.